The van der Waals surface area contributed by atoms with Crippen LogP contribution in [0.25, 0.3) is 0 Å². The fourth-order valence-corrected chi connectivity index (χ4v) is 2.76. The molecule has 0 unspecified atom stereocenters. The standard InChI is InChI=1S/C16H20N2O2S/c1-10(2)13-9-21-16(17-13)18-15(19)8-20-14-6-5-11(3)7-12(14)4/h5-7,9-10H,8H2,1-4H3,(H,17,18,19). The lowest BCUT2D eigenvalue weighted by molar-refractivity contribution is -0.118. The molecule has 1 amide bonds. The average molecular weight is 304 g/mol. The second-order valence-electron chi connectivity index (χ2n) is 5.34. The Labute approximate surface area is 129 Å². The van der Waals surface area contributed by atoms with Gasteiger partial charge in [-0.3, -0.25) is 10.1 Å². The molecule has 112 valence electrons. The molecule has 0 atom stereocenters. The molecule has 1 aromatic carbocycles. The van der Waals surface area contributed by atoms with Crippen molar-refractivity contribution >= 4 is 22.4 Å². The van der Waals surface area contributed by atoms with Crippen LogP contribution in [0.15, 0.2) is 23.6 Å². The molecule has 0 radical (unpaired) electrons. The first-order valence-corrected chi connectivity index (χ1v) is 7.79. The lowest BCUT2D eigenvalue weighted by atomic mass is 10.1. The Kier molecular flexibility index (Phi) is 4.96. The predicted molar refractivity (Wildman–Crippen MR) is 86.2 cm³/mol. The van der Waals surface area contributed by atoms with Crippen molar-refractivity contribution < 1.29 is 9.53 Å². The minimum Gasteiger partial charge on any atom is -0.483 e. The molecule has 1 N–H and O–H groups in total. The molecule has 5 heteroatoms. The molecule has 2 aromatic rings. The van der Waals surface area contributed by atoms with Gasteiger partial charge in [0.25, 0.3) is 5.91 Å². The van der Waals surface area contributed by atoms with Gasteiger partial charge in [0.05, 0.1) is 5.69 Å². The number of aromatic nitrogens is 1. The summed E-state index contributed by atoms with van der Waals surface area (Å²) in [4.78, 5) is 16.2. The van der Waals surface area contributed by atoms with Gasteiger partial charge >= 0.3 is 0 Å². The number of benzene rings is 1. The number of hydrogen-bond donors (Lipinski definition) is 1. The number of thiazole rings is 1. The molecular weight excluding hydrogens is 284 g/mol. The van der Waals surface area contributed by atoms with Gasteiger partial charge in [-0.05, 0) is 31.4 Å². The van der Waals surface area contributed by atoms with E-state index in [1.54, 1.807) is 0 Å². The Balaban J connectivity index is 1.89. The van der Waals surface area contributed by atoms with Crippen LogP contribution < -0.4 is 10.1 Å². The van der Waals surface area contributed by atoms with Crippen LogP contribution in [0.1, 0.15) is 36.6 Å². The number of aryl methyl sites for hydroxylation is 2. The maximum Gasteiger partial charge on any atom is 0.264 e. The zero-order valence-corrected chi connectivity index (χ0v) is 13.6. The summed E-state index contributed by atoms with van der Waals surface area (Å²) in [6.45, 7) is 8.13. The van der Waals surface area contributed by atoms with Crippen molar-refractivity contribution in [3.8, 4) is 5.75 Å². The van der Waals surface area contributed by atoms with Crippen molar-refractivity contribution in [1.82, 2.24) is 4.98 Å². The Morgan fingerprint density at radius 2 is 2.14 bits per heavy atom. The van der Waals surface area contributed by atoms with E-state index in [4.69, 9.17) is 4.74 Å². The number of carbonyl (C=O) groups is 1. The molecule has 1 heterocycles. The van der Waals surface area contributed by atoms with Crippen molar-refractivity contribution in [2.45, 2.75) is 33.6 Å². The second kappa shape index (κ2) is 6.72. The van der Waals surface area contributed by atoms with E-state index in [0.29, 0.717) is 11.0 Å². The highest BCUT2D eigenvalue weighted by atomic mass is 32.1. The van der Waals surface area contributed by atoms with Crippen LogP contribution in [0.2, 0.25) is 0 Å². The van der Waals surface area contributed by atoms with Crippen LogP contribution >= 0.6 is 11.3 Å². The minimum absolute atomic E-state index is 0.0134. The Hall–Kier alpha value is -1.88. The summed E-state index contributed by atoms with van der Waals surface area (Å²) in [5.74, 6) is 0.899. The summed E-state index contributed by atoms with van der Waals surface area (Å²) in [5, 5.41) is 5.34. The van der Waals surface area contributed by atoms with Gasteiger partial charge in [0.1, 0.15) is 5.75 Å². The van der Waals surface area contributed by atoms with E-state index >= 15 is 0 Å². The highest BCUT2D eigenvalue weighted by molar-refractivity contribution is 7.13. The highest BCUT2D eigenvalue weighted by Gasteiger charge is 2.10. The summed E-state index contributed by atoms with van der Waals surface area (Å²) in [7, 11) is 0. The molecule has 0 saturated heterocycles. The first-order chi connectivity index (χ1) is 9.95. The second-order valence-corrected chi connectivity index (χ2v) is 6.20. The molecule has 2 rings (SSSR count). The molecule has 0 bridgehead atoms. The third kappa shape index (κ3) is 4.29. The van der Waals surface area contributed by atoms with E-state index in [2.05, 4.69) is 24.1 Å². The molecule has 0 aliphatic rings. The topological polar surface area (TPSA) is 51.2 Å². The summed E-state index contributed by atoms with van der Waals surface area (Å²) in [6.07, 6.45) is 0. The smallest absolute Gasteiger partial charge is 0.264 e. The fraction of sp³-hybridized carbons (Fsp3) is 0.375. The van der Waals surface area contributed by atoms with Gasteiger partial charge < -0.3 is 4.74 Å². The summed E-state index contributed by atoms with van der Waals surface area (Å²) in [6, 6.07) is 5.89. The molecule has 0 fully saturated rings. The first-order valence-electron chi connectivity index (χ1n) is 6.91. The third-order valence-electron chi connectivity index (χ3n) is 3.05. The highest BCUT2D eigenvalue weighted by Crippen LogP contribution is 2.22. The van der Waals surface area contributed by atoms with Crippen LogP contribution in [-0.4, -0.2) is 17.5 Å². The van der Waals surface area contributed by atoms with Crippen molar-refractivity contribution in [1.29, 1.82) is 0 Å². The number of hydrogen-bond acceptors (Lipinski definition) is 4. The van der Waals surface area contributed by atoms with E-state index in [1.807, 2.05) is 37.4 Å². The van der Waals surface area contributed by atoms with Gasteiger partial charge in [-0.15, -0.1) is 11.3 Å². The number of amides is 1. The van der Waals surface area contributed by atoms with E-state index in [9.17, 15) is 4.79 Å². The fourth-order valence-electron chi connectivity index (χ4n) is 1.87. The van der Waals surface area contributed by atoms with Crippen molar-refractivity contribution in [2.24, 2.45) is 0 Å². The number of nitrogens with zero attached hydrogens (tertiary/aromatic N) is 1. The molecule has 0 aliphatic carbocycles. The number of anilines is 1. The van der Waals surface area contributed by atoms with Crippen LogP contribution in [-0.2, 0) is 4.79 Å². The molecule has 0 spiro atoms. The lowest BCUT2D eigenvalue weighted by Crippen LogP contribution is -2.20. The van der Waals surface area contributed by atoms with Crippen LogP contribution in [0.4, 0.5) is 5.13 Å². The lowest BCUT2D eigenvalue weighted by Gasteiger charge is -2.09. The Morgan fingerprint density at radius 1 is 1.38 bits per heavy atom. The third-order valence-corrected chi connectivity index (χ3v) is 3.82. The maximum atomic E-state index is 11.9. The van der Waals surface area contributed by atoms with Gasteiger partial charge in [-0.25, -0.2) is 4.98 Å². The number of ether oxygens (including phenoxy) is 1. The summed E-state index contributed by atoms with van der Waals surface area (Å²) < 4.78 is 5.54. The quantitative estimate of drug-likeness (QED) is 0.911. The molecule has 0 saturated carbocycles. The number of carbonyl (C=O) groups excluding carboxylic acids is 1. The minimum atomic E-state index is -0.195. The largest absolute Gasteiger partial charge is 0.483 e. The van der Waals surface area contributed by atoms with Crippen LogP contribution in [0, 0.1) is 13.8 Å². The number of rotatable bonds is 5. The summed E-state index contributed by atoms with van der Waals surface area (Å²) in [5.41, 5.74) is 3.19. The van der Waals surface area contributed by atoms with Gasteiger partial charge in [0.2, 0.25) is 0 Å². The maximum absolute atomic E-state index is 11.9. The van der Waals surface area contributed by atoms with E-state index < -0.39 is 0 Å². The molecule has 1 aromatic heterocycles. The molecule has 0 aliphatic heterocycles. The SMILES string of the molecule is Cc1ccc(OCC(=O)Nc2nc(C(C)C)cs2)c(C)c1. The zero-order valence-electron chi connectivity index (χ0n) is 12.8. The number of nitrogens with one attached hydrogen (secondary N) is 1. The summed E-state index contributed by atoms with van der Waals surface area (Å²) >= 11 is 1.43. The monoisotopic (exact) mass is 304 g/mol. The first kappa shape index (κ1) is 15.5. The normalized spacial score (nSPS) is 10.7. The van der Waals surface area contributed by atoms with Gasteiger partial charge in [-0.2, -0.15) is 0 Å². The molecule has 21 heavy (non-hydrogen) atoms. The van der Waals surface area contributed by atoms with E-state index in [0.717, 1.165) is 17.0 Å². The Morgan fingerprint density at radius 3 is 2.76 bits per heavy atom. The van der Waals surface area contributed by atoms with E-state index in [-0.39, 0.29) is 12.5 Å². The average Bonchev–Trinajstić information content (AvgIpc) is 2.86. The van der Waals surface area contributed by atoms with Crippen LogP contribution in [0.5, 0.6) is 5.75 Å². The predicted octanol–water partition coefficient (Wildman–Crippen LogP) is 3.90. The Bertz CT molecular complexity index is 635. The van der Waals surface area contributed by atoms with Crippen molar-refractivity contribution in [3.63, 3.8) is 0 Å². The van der Waals surface area contributed by atoms with Gasteiger partial charge in [0, 0.05) is 5.38 Å². The molecule has 4 nitrogen and oxygen atoms in total. The molecular formula is C16H20N2O2S. The zero-order chi connectivity index (χ0) is 15.4. The van der Waals surface area contributed by atoms with E-state index in [1.165, 1.54) is 16.9 Å². The van der Waals surface area contributed by atoms with Crippen LogP contribution in [0.3, 0.4) is 0 Å². The van der Waals surface area contributed by atoms with Crippen molar-refractivity contribution in [3.05, 3.63) is 40.4 Å². The van der Waals surface area contributed by atoms with Crippen molar-refractivity contribution in [2.75, 3.05) is 11.9 Å². The van der Waals surface area contributed by atoms with Gasteiger partial charge in [0.15, 0.2) is 11.7 Å². The van der Waals surface area contributed by atoms with Gasteiger partial charge in [-0.1, -0.05) is 31.5 Å².